The summed E-state index contributed by atoms with van der Waals surface area (Å²) in [5.74, 6) is 0.574. The third kappa shape index (κ3) is 3.13. The molecule has 0 aliphatic heterocycles. The fourth-order valence-corrected chi connectivity index (χ4v) is 4.27. The van der Waals surface area contributed by atoms with Gasteiger partial charge in [0.15, 0.2) is 5.13 Å². The number of anilines is 1. The standard InChI is InChI=1S/C12H13BrN2O3S2/c1-7-8(2)19-12(14-7)15-20(16,17)9-4-5-11(18-3)10(13)6-9/h4-6H,1-3H3,(H,14,15). The lowest BCUT2D eigenvalue weighted by Crippen LogP contribution is -2.12. The van der Waals surface area contributed by atoms with Gasteiger partial charge in [-0.2, -0.15) is 0 Å². The number of aromatic nitrogens is 1. The van der Waals surface area contributed by atoms with Crippen LogP contribution in [0.4, 0.5) is 5.13 Å². The number of rotatable bonds is 4. The summed E-state index contributed by atoms with van der Waals surface area (Å²) in [6.07, 6.45) is 0. The second-order valence-corrected chi connectivity index (χ2v) is 7.80. The third-order valence-corrected chi connectivity index (χ3v) is 5.76. The Labute approximate surface area is 130 Å². The molecule has 1 aromatic heterocycles. The molecule has 0 fully saturated rings. The van der Waals surface area contributed by atoms with Crippen molar-refractivity contribution in [2.45, 2.75) is 18.7 Å². The van der Waals surface area contributed by atoms with Crippen LogP contribution in [0.1, 0.15) is 10.6 Å². The number of thiazole rings is 1. The monoisotopic (exact) mass is 376 g/mol. The van der Waals surface area contributed by atoms with Gasteiger partial charge in [0.2, 0.25) is 0 Å². The Bertz CT molecular complexity index is 722. The van der Waals surface area contributed by atoms with Crippen LogP contribution < -0.4 is 9.46 Å². The van der Waals surface area contributed by atoms with Gasteiger partial charge in [-0.3, -0.25) is 4.72 Å². The van der Waals surface area contributed by atoms with Gasteiger partial charge in [-0.25, -0.2) is 13.4 Å². The van der Waals surface area contributed by atoms with Crippen molar-refractivity contribution in [3.05, 3.63) is 33.2 Å². The molecule has 0 saturated heterocycles. The minimum Gasteiger partial charge on any atom is -0.496 e. The van der Waals surface area contributed by atoms with Crippen molar-refractivity contribution in [1.29, 1.82) is 0 Å². The predicted molar refractivity (Wildman–Crippen MR) is 83.1 cm³/mol. The fourth-order valence-electron chi connectivity index (χ4n) is 1.50. The molecule has 1 N–H and O–H groups in total. The van der Waals surface area contributed by atoms with Gasteiger partial charge >= 0.3 is 0 Å². The number of ether oxygens (including phenoxy) is 1. The maximum atomic E-state index is 12.3. The van der Waals surface area contributed by atoms with Gasteiger partial charge in [-0.15, -0.1) is 11.3 Å². The average Bonchev–Trinajstić information content (AvgIpc) is 2.67. The SMILES string of the molecule is COc1ccc(S(=O)(=O)Nc2nc(C)c(C)s2)cc1Br. The highest BCUT2D eigenvalue weighted by Crippen LogP contribution is 2.29. The van der Waals surface area contributed by atoms with Crippen LogP contribution in [-0.2, 0) is 10.0 Å². The quantitative estimate of drug-likeness (QED) is 0.888. The van der Waals surface area contributed by atoms with E-state index in [1.54, 1.807) is 6.07 Å². The summed E-state index contributed by atoms with van der Waals surface area (Å²) in [4.78, 5) is 5.30. The van der Waals surface area contributed by atoms with E-state index >= 15 is 0 Å². The number of nitrogens with one attached hydrogen (secondary N) is 1. The average molecular weight is 377 g/mol. The number of nitrogens with zero attached hydrogens (tertiary/aromatic N) is 1. The number of hydrogen-bond acceptors (Lipinski definition) is 5. The van der Waals surface area contributed by atoms with E-state index < -0.39 is 10.0 Å². The number of methoxy groups -OCH3 is 1. The van der Waals surface area contributed by atoms with Crippen LogP contribution in [0.5, 0.6) is 5.75 Å². The summed E-state index contributed by atoms with van der Waals surface area (Å²) in [5.41, 5.74) is 0.823. The summed E-state index contributed by atoms with van der Waals surface area (Å²) >= 11 is 4.58. The Hall–Kier alpha value is -1.12. The number of aryl methyl sites for hydroxylation is 2. The van der Waals surface area contributed by atoms with Gasteiger partial charge in [0.1, 0.15) is 5.75 Å². The Morgan fingerprint density at radius 1 is 1.35 bits per heavy atom. The molecule has 0 bridgehead atoms. The highest BCUT2D eigenvalue weighted by Gasteiger charge is 2.18. The van der Waals surface area contributed by atoms with Gasteiger partial charge < -0.3 is 4.74 Å². The fraction of sp³-hybridized carbons (Fsp3) is 0.250. The molecule has 0 unspecified atom stereocenters. The van der Waals surface area contributed by atoms with Crippen LogP contribution in [0.3, 0.4) is 0 Å². The second kappa shape index (κ2) is 5.71. The van der Waals surface area contributed by atoms with E-state index in [1.807, 2.05) is 13.8 Å². The minimum atomic E-state index is -3.65. The highest BCUT2D eigenvalue weighted by molar-refractivity contribution is 9.10. The molecule has 8 heteroatoms. The van der Waals surface area contributed by atoms with E-state index in [1.165, 1.54) is 30.6 Å². The molecule has 20 heavy (non-hydrogen) atoms. The van der Waals surface area contributed by atoms with E-state index in [2.05, 4.69) is 25.6 Å². The van der Waals surface area contributed by atoms with Crippen molar-refractivity contribution in [3.63, 3.8) is 0 Å². The van der Waals surface area contributed by atoms with Gasteiger partial charge in [-0.05, 0) is 48.0 Å². The van der Waals surface area contributed by atoms with Gasteiger partial charge in [0.25, 0.3) is 10.0 Å². The molecule has 0 spiro atoms. The Balaban J connectivity index is 2.33. The molecule has 0 amide bonds. The normalized spacial score (nSPS) is 11.4. The molecule has 0 radical (unpaired) electrons. The number of hydrogen-bond donors (Lipinski definition) is 1. The Morgan fingerprint density at radius 2 is 2.05 bits per heavy atom. The minimum absolute atomic E-state index is 0.149. The second-order valence-electron chi connectivity index (χ2n) is 4.06. The molecular formula is C12H13BrN2O3S2. The first-order valence-electron chi connectivity index (χ1n) is 5.64. The smallest absolute Gasteiger partial charge is 0.263 e. The van der Waals surface area contributed by atoms with Gasteiger partial charge in [0, 0.05) is 4.88 Å². The first-order valence-corrected chi connectivity index (χ1v) is 8.73. The van der Waals surface area contributed by atoms with E-state index in [4.69, 9.17) is 4.74 Å². The molecule has 0 atom stereocenters. The summed E-state index contributed by atoms with van der Waals surface area (Å²) in [6, 6.07) is 4.57. The Kier molecular flexibility index (Phi) is 4.36. The molecule has 0 aliphatic carbocycles. The number of halogens is 1. The summed E-state index contributed by atoms with van der Waals surface area (Å²) < 4.78 is 32.7. The highest BCUT2D eigenvalue weighted by atomic mass is 79.9. The van der Waals surface area contributed by atoms with Crippen LogP contribution >= 0.6 is 27.3 Å². The van der Waals surface area contributed by atoms with Gasteiger partial charge in [-0.1, -0.05) is 0 Å². The van der Waals surface area contributed by atoms with Crippen molar-refractivity contribution in [2.75, 3.05) is 11.8 Å². The zero-order chi connectivity index (χ0) is 14.9. The molecule has 1 heterocycles. The van der Waals surface area contributed by atoms with E-state index in [-0.39, 0.29) is 4.90 Å². The molecule has 2 rings (SSSR count). The zero-order valence-electron chi connectivity index (χ0n) is 11.1. The molecule has 1 aromatic carbocycles. The predicted octanol–water partition coefficient (Wildman–Crippen LogP) is 3.33. The zero-order valence-corrected chi connectivity index (χ0v) is 14.3. The van der Waals surface area contributed by atoms with Crippen molar-refractivity contribution in [3.8, 4) is 5.75 Å². The molecular weight excluding hydrogens is 364 g/mol. The molecule has 0 aliphatic rings. The van der Waals surface area contributed by atoms with Crippen LogP contribution in [0.15, 0.2) is 27.6 Å². The first-order chi connectivity index (χ1) is 9.33. The Morgan fingerprint density at radius 3 is 2.55 bits per heavy atom. The van der Waals surface area contributed by atoms with E-state index in [0.29, 0.717) is 15.4 Å². The van der Waals surface area contributed by atoms with Crippen LogP contribution in [0.25, 0.3) is 0 Å². The number of benzene rings is 1. The summed E-state index contributed by atoms with van der Waals surface area (Å²) in [5, 5.41) is 0.368. The number of sulfonamides is 1. The first kappa shape index (κ1) is 15.3. The van der Waals surface area contributed by atoms with Crippen LogP contribution in [-0.4, -0.2) is 20.5 Å². The lowest BCUT2D eigenvalue weighted by molar-refractivity contribution is 0.411. The van der Waals surface area contributed by atoms with Crippen LogP contribution in [0.2, 0.25) is 0 Å². The summed E-state index contributed by atoms with van der Waals surface area (Å²) in [6.45, 7) is 3.74. The molecule has 2 aromatic rings. The largest absolute Gasteiger partial charge is 0.496 e. The summed E-state index contributed by atoms with van der Waals surface area (Å²) in [7, 11) is -2.13. The van der Waals surface area contributed by atoms with E-state index in [0.717, 1.165) is 10.6 Å². The van der Waals surface area contributed by atoms with E-state index in [9.17, 15) is 8.42 Å². The lowest BCUT2D eigenvalue weighted by atomic mass is 10.3. The van der Waals surface area contributed by atoms with Crippen molar-refractivity contribution >= 4 is 42.4 Å². The third-order valence-electron chi connectivity index (χ3n) is 2.68. The van der Waals surface area contributed by atoms with Crippen LogP contribution in [0, 0.1) is 13.8 Å². The molecule has 108 valence electrons. The maximum absolute atomic E-state index is 12.3. The maximum Gasteiger partial charge on any atom is 0.263 e. The van der Waals surface area contributed by atoms with Crippen molar-refractivity contribution in [2.24, 2.45) is 0 Å². The molecule has 0 saturated carbocycles. The van der Waals surface area contributed by atoms with Gasteiger partial charge in [0.05, 0.1) is 22.2 Å². The van der Waals surface area contributed by atoms with Crippen molar-refractivity contribution < 1.29 is 13.2 Å². The lowest BCUT2D eigenvalue weighted by Gasteiger charge is -2.08. The van der Waals surface area contributed by atoms with Crippen molar-refractivity contribution in [1.82, 2.24) is 4.98 Å². The topological polar surface area (TPSA) is 68.3 Å². The molecule has 5 nitrogen and oxygen atoms in total.